The van der Waals surface area contributed by atoms with E-state index < -0.39 is 0 Å². The topological polar surface area (TPSA) is 0 Å². The van der Waals surface area contributed by atoms with Gasteiger partial charge in [-0.1, -0.05) is 176 Å². The van der Waals surface area contributed by atoms with Crippen LogP contribution in [0.4, 0.5) is 0 Å². The molecule has 0 saturated heterocycles. The van der Waals surface area contributed by atoms with Gasteiger partial charge in [0.25, 0.3) is 0 Å². The zero-order valence-electron chi connectivity index (χ0n) is 27.7. The van der Waals surface area contributed by atoms with Crippen molar-refractivity contribution in [2.45, 2.75) is 0 Å². The third-order valence-electron chi connectivity index (χ3n) is 10.8. The van der Waals surface area contributed by atoms with Crippen molar-refractivity contribution in [2.75, 3.05) is 0 Å². The van der Waals surface area contributed by atoms with Crippen LogP contribution in [0.2, 0.25) is 0 Å². The molecule has 1 heteroatoms. The van der Waals surface area contributed by atoms with Gasteiger partial charge in [0.1, 0.15) is 0 Å². The van der Waals surface area contributed by atoms with Gasteiger partial charge in [-0.25, -0.2) is 0 Å². The first-order valence-electron chi connectivity index (χ1n) is 17.6. The average Bonchev–Trinajstić information content (AvgIpc) is 3.59. The lowest BCUT2D eigenvalue weighted by molar-refractivity contribution is 1.66. The Labute approximate surface area is 299 Å². The van der Waals surface area contributed by atoms with Crippen LogP contribution in [0.15, 0.2) is 182 Å². The minimum Gasteiger partial charge on any atom is -0.134 e. The van der Waals surface area contributed by atoms with Gasteiger partial charge in [0.2, 0.25) is 0 Å². The van der Waals surface area contributed by atoms with Gasteiger partial charge in [-0.2, -0.15) is 0 Å². The summed E-state index contributed by atoms with van der Waals surface area (Å²) >= 11 is 1.92. The summed E-state index contributed by atoms with van der Waals surface area (Å²) in [5, 5.41) is 15.7. The number of thiophene rings is 1. The normalized spacial score (nSPS) is 11.9. The number of hydrogen-bond donors (Lipinski definition) is 0. The van der Waals surface area contributed by atoms with E-state index in [4.69, 9.17) is 0 Å². The molecule has 51 heavy (non-hydrogen) atoms. The summed E-state index contributed by atoms with van der Waals surface area (Å²) in [5.41, 5.74) is 7.61. The van der Waals surface area contributed by atoms with Crippen LogP contribution in [0.3, 0.4) is 0 Å². The minimum atomic E-state index is 1.24. The molecule has 0 radical (unpaired) electrons. The maximum absolute atomic E-state index is 2.42. The quantitative estimate of drug-likeness (QED) is 0.130. The van der Waals surface area contributed by atoms with Gasteiger partial charge in [-0.3, -0.25) is 0 Å². The van der Waals surface area contributed by atoms with Crippen molar-refractivity contribution in [1.82, 2.24) is 0 Å². The van der Waals surface area contributed by atoms with Crippen LogP contribution in [0.1, 0.15) is 0 Å². The molecule has 0 amide bonds. The Morgan fingerprint density at radius 1 is 0.275 bits per heavy atom. The highest BCUT2D eigenvalue weighted by molar-refractivity contribution is 7.27. The second-order valence-corrected chi connectivity index (χ2v) is 14.6. The molecule has 11 aromatic rings. The van der Waals surface area contributed by atoms with Gasteiger partial charge in [-0.15, -0.1) is 11.3 Å². The smallest absolute Gasteiger partial charge is 0.0440 e. The van der Waals surface area contributed by atoms with Gasteiger partial charge in [-0.05, 0) is 87.9 Å². The van der Waals surface area contributed by atoms with Crippen molar-refractivity contribution in [3.05, 3.63) is 182 Å². The zero-order chi connectivity index (χ0) is 33.5. The van der Waals surface area contributed by atoms with Crippen molar-refractivity contribution in [2.24, 2.45) is 0 Å². The van der Waals surface area contributed by atoms with Crippen molar-refractivity contribution >= 4 is 85.4 Å². The Bertz CT molecular complexity index is 3130. The molecule has 0 bridgehead atoms. The van der Waals surface area contributed by atoms with E-state index in [9.17, 15) is 0 Å². The van der Waals surface area contributed by atoms with E-state index in [2.05, 4.69) is 182 Å². The number of benzene rings is 10. The van der Waals surface area contributed by atoms with Crippen LogP contribution in [0.5, 0.6) is 0 Å². The van der Waals surface area contributed by atoms with Gasteiger partial charge in [0, 0.05) is 25.6 Å². The largest absolute Gasteiger partial charge is 0.134 e. The molecule has 0 aliphatic heterocycles. The summed E-state index contributed by atoms with van der Waals surface area (Å²) in [7, 11) is 0. The van der Waals surface area contributed by atoms with E-state index in [1.54, 1.807) is 0 Å². The highest BCUT2D eigenvalue weighted by Gasteiger charge is 2.20. The molecule has 0 aliphatic rings. The first-order chi connectivity index (χ1) is 25.3. The standard InChI is InChI=1S/C50H30S/c1-2-14-31(15-3-1)47-39-21-9-11-23-41(39)48(42-24-12-10-22-40(42)47)43-29-28-33(34-16-4-5-17-35(34)43)32-26-27-45-46(30-32)51-50-44-25-13-7-19-37(44)36-18-6-8-20-38(36)49(45)50/h1-30H. The van der Waals surface area contributed by atoms with Crippen LogP contribution in [-0.2, 0) is 0 Å². The maximum atomic E-state index is 2.42. The fourth-order valence-electron chi connectivity index (χ4n) is 8.68. The first kappa shape index (κ1) is 28.5. The average molecular weight is 663 g/mol. The third-order valence-corrected chi connectivity index (χ3v) is 12.0. The van der Waals surface area contributed by atoms with Crippen molar-refractivity contribution in [1.29, 1.82) is 0 Å². The second kappa shape index (κ2) is 11.1. The molecule has 10 aromatic carbocycles. The molecule has 0 atom stereocenters. The summed E-state index contributed by atoms with van der Waals surface area (Å²) < 4.78 is 2.69. The Kier molecular flexibility index (Phi) is 6.22. The molecule has 1 heterocycles. The molecule has 1 aromatic heterocycles. The maximum Gasteiger partial charge on any atom is 0.0440 e. The zero-order valence-corrected chi connectivity index (χ0v) is 28.5. The molecule has 236 valence electrons. The third kappa shape index (κ3) is 4.19. The van der Waals surface area contributed by atoms with Crippen LogP contribution in [-0.4, -0.2) is 0 Å². The Balaban J connectivity index is 1.16. The van der Waals surface area contributed by atoms with Gasteiger partial charge in [0.15, 0.2) is 0 Å². The molecule has 0 spiro atoms. The Hall–Kier alpha value is -6.28. The van der Waals surface area contributed by atoms with E-state index in [1.165, 1.54) is 107 Å². The van der Waals surface area contributed by atoms with Crippen LogP contribution < -0.4 is 0 Å². The highest BCUT2D eigenvalue weighted by Crippen LogP contribution is 2.48. The van der Waals surface area contributed by atoms with Crippen molar-refractivity contribution in [3.8, 4) is 33.4 Å². The first-order valence-corrected chi connectivity index (χ1v) is 18.4. The summed E-state index contributed by atoms with van der Waals surface area (Å²) in [5.74, 6) is 0. The molecular weight excluding hydrogens is 633 g/mol. The lowest BCUT2D eigenvalue weighted by Crippen LogP contribution is -1.92. The minimum absolute atomic E-state index is 1.24. The summed E-state index contributed by atoms with van der Waals surface area (Å²) in [4.78, 5) is 0. The predicted molar refractivity (Wildman–Crippen MR) is 223 cm³/mol. The molecule has 0 fully saturated rings. The summed E-state index contributed by atoms with van der Waals surface area (Å²) in [6.07, 6.45) is 0. The van der Waals surface area contributed by atoms with Crippen LogP contribution in [0.25, 0.3) is 107 Å². The Morgan fingerprint density at radius 2 is 0.745 bits per heavy atom. The lowest BCUT2D eigenvalue weighted by atomic mass is 9.84. The van der Waals surface area contributed by atoms with Gasteiger partial charge < -0.3 is 0 Å². The van der Waals surface area contributed by atoms with Gasteiger partial charge in [0.05, 0.1) is 0 Å². The summed E-state index contributed by atoms with van der Waals surface area (Å²) in [6.45, 7) is 0. The number of hydrogen-bond acceptors (Lipinski definition) is 1. The van der Waals surface area contributed by atoms with Gasteiger partial charge >= 0.3 is 0 Å². The monoisotopic (exact) mass is 662 g/mol. The SMILES string of the molecule is c1ccc(-c2c3ccccc3c(-c3ccc(-c4ccc5c(c4)sc4c6ccccc6c6ccccc6c54)c4ccccc34)c3ccccc23)cc1. The van der Waals surface area contributed by atoms with E-state index in [-0.39, 0.29) is 0 Å². The molecule has 11 rings (SSSR count). The Morgan fingerprint density at radius 3 is 1.39 bits per heavy atom. The lowest BCUT2D eigenvalue weighted by Gasteiger charge is -2.19. The van der Waals surface area contributed by atoms with E-state index in [1.807, 2.05) is 11.3 Å². The predicted octanol–water partition coefficient (Wildman–Crippen LogP) is 14.8. The van der Waals surface area contributed by atoms with Crippen LogP contribution >= 0.6 is 11.3 Å². The molecule has 0 aliphatic carbocycles. The molecular formula is C50H30S. The molecule has 0 nitrogen and oxygen atoms in total. The van der Waals surface area contributed by atoms with Crippen molar-refractivity contribution < 1.29 is 0 Å². The highest BCUT2D eigenvalue weighted by atomic mass is 32.1. The van der Waals surface area contributed by atoms with E-state index in [0.717, 1.165) is 0 Å². The number of fused-ring (bicyclic) bond motifs is 11. The molecule has 0 unspecified atom stereocenters. The fraction of sp³-hybridized carbons (Fsp3) is 0. The van der Waals surface area contributed by atoms with Crippen LogP contribution in [0, 0.1) is 0 Å². The van der Waals surface area contributed by atoms with Crippen molar-refractivity contribution in [3.63, 3.8) is 0 Å². The second-order valence-electron chi connectivity index (χ2n) is 13.5. The molecule has 0 N–H and O–H groups in total. The fourth-order valence-corrected chi connectivity index (χ4v) is 9.97. The molecule has 0 saturated carbocycles. The van der Waals surface area contributed by atoms with E-state index in [0.29, 0.717) is 0 Å². The van der Waals surface area contributed by atoms with E-state index >= 15 is 0 Å². The number of rotatable bonds is 3. The summed E-state index contributed by atoms with van der Waals surface area (Å²) in [6, 6.07) is 67.3.